The first-order valence-electron chi connectivity index (χ1n) is 7.75. The van der Waals surface area contributed by atoms with Crippen LogP contribution < -0.4 is 0 Å². The number of aliphatic hydroxyl groups is 1. The van der Waals surface area contributed by atoms with Crippen LogP contribution in [0, 0.1) is 18.8 Å². The van der Waals surface area contributed by atoms with Gasteiger partial charge < -0.3 is 15.1 Å². The minimum atomic E-state index is -1.11. The molecule has 0 saturated carbocycles. The van der Waals surface area contributed by atoms with E-state index in [2.05, 4.69) is 4.98 Å². The Morgan fingerprint density at radius 1 is 1.46 bits per heavy atom. The summed E-state index contributed by atoms with van der Waals surface area (Å²) in [7, 11) is 0. The number of carbonyl (C=O) groups excluding carboxylic acids is 1. The number of carboxylic acid groups (broad SMARTS) is 1. The van der Waals surface area contributed by atoms with Crippen LogP contribution >= 0.6 is 11.3 Å². The van der Waals surface area contributed by atoms with Gasteiger partial charge >= 0.3 is 5.97 Å². The van der Waals surface area contributed by atoms with Gasteiger partial charge in [-0.15, -0.1) is 11.3 Å². The highest BCUT2D eigenvalue weighted by Crippen LogP contribution is 2.51. The Bertz CT molecular complexity index is 910. The SMILES string of the molecule is Cc1ncc2sc(C3=C(C(=O)O)N4C(=O)[C@H]([C@@H](C)O)[C@H]4[C@H]3C)cn12. The van der Waals surface area contributed by atoms with Crippen LogP contribution in [-0.4, -0.2) is 48.5 Å². The summed E-state index contributed by atoms with van der Waals surface area (Å²) in [5, 5.41) is 19.6. The molecule has 4 heterocycles. The van der Waals surface area contributed by atoms with Crippen molar-refractivity contribution in [2.45, 2.75) is 32.9 Å². The lowest BCUT2D eigenvalue weighted by molar-refractivity contribution is -0.163. The van der Waals surface area contributed by atoms with Crippen molar-refractivity contribution in [1.82, 2.24) is 14.3 Å². The van der Waals surface area contributed by atoms with E-state index in [0.29, 0.717) is 5.57 Å². The second-order valence-corrected chi connectivity index (χ2v) is 7.49. The van der Waals surface area contributed by atoms with Crippen LogP contribution in [0.25, 0.3) is 10.4 Å². The van der Waals surface area contributed by atoms with E-state index in [9.17, 15) is 19.8 Å². The van der Waals surface area contributed by atoms with Crippen LogP contribution in [-0.2, 0) is 9.59 Å². The number of rotatable bonds is 3. The second-order valence-electron chi connectivity index (χ2n) is 6.43. The van der Waals surface area contributed by atoms with Gasteiger partial charge in [0.1, 0.15) is 16.4 Å². The Hall–Kier alpha value is -2.19. The molecule has 1 amide bonds. The number of aliphatic carboxylic acids is 1. The Morgan fingerprint density at radius 3 is 2.75 bits per heavy atom. The standard InChI is InChI=1S/C16H17N3O4S/c1-6-11(9-5-18-8(3)17-4-10(18)24-9)14(16(22)23)19-13(6)12(7(2)20)15(19)21/h4-7,12-13,20H,1-3H3,(H,22,23)/t6-,7+,12+,13+/m0/s1. The van der Waals surface area contributed by atoms with Gasteiger partial charge in [0.15, 0.2) is 0 Å². The minimum Gasteiger partial charge on any atom is -0.477 e. The molecular weight excluding hydrogens is 330 g/mol. The third-order valence-electron chi connectivity index (χ3n) is 5.05. The third-order valence-corrected chi connectivity index (χ3v) is 6.11. The monoisotopic (exact) mass is 347 g/mol. The van der Waals surface area contributed by atoms with Gasteiger partial charge in [0.2, 0.25) is 5.91 Å². The number of thiazole rings is 1. The summed E-state index contributed by atoms with van der Waals surface area (Å²) >= 11 is 1.46. The average molecular weight is 347 g/mol. The molecule has 2 aliphatic heterocycles. The summed E-state index contributed by atoms with van der Waals surface area (Å²) in [6.45, 7) is 5.38. The van der Waals surface area contributed by atoms with E-state index in [1.165, 1.54) is 16.2 Å². The average Bonchev–Trinajstić information content (AvgIpc) is 3.11. The van der Waals surface area contributed by atoms with Crippen LogP contribution in [0.2, 0.25) is 0 Å². The molecule has 8 heteroatoms. The minimum absolute atomic E-state index is 0.0458. The van der Waals surface area contributed by atoms with Crippen LogP contribution in [0.1, 0.15) is 24.5 Å². The highest BCUT2D eigenvalue weighted by atomic mass is 32.1. The summed E-state index contributed by atoms with van der Waals surface area (Å²) in [4.78, 5) is 31.5. The van der Waals surface area contributed by atoms with E-state index < -0.39 is 18.0 Å². The largest absolute Gasteiger partial charge is 0.477 e. The summed E-state index contributed by atoms with van der Waals surface area (Å²) in [6.07, 6.45) is 2.84. The van der Waals surface area contributed by atoms with Gasteiger partial charge in [-0.3, -0.25) is 9.20 Å². The van der Waals surface area contributed by atoms with E-state index in [1.807, 2.05) is 24.4 Å². The summed E-state index contributed by atoms with van der Waals surface area (Å²) in [6, 6.07) is -0.292. The Labute approximate surface area is 141 Å². The molecule has 7 nitrogen and oxygen atoms in total. The van der Waals surface area contributed by atoms with Gasteiger partial charge in [0.05, 0.1) is 29.1 Å². The maximum absolute atomic E-state index is 12.4. The molecule has 2 aromatic heterocycles. The number of aromatic nitrogens is 2. The predicted octanol–water partition coefficient (Wildman–Crippen LogP) is 1.36. The fourth-order valence-corrected chi connectivity index (χ4v) is 5.10. The third kappa shape index (κ3) is 1.78. The number of aryl methyl sites for hydroxylation is 1. The molecule has 126 valence electrons. The zero-order valence-corrected chi connectivity index (χ0v) is 14.2. The predicted molar refractivity (Wildman–Crippen MR) is 87.3 cm³/mol. The number of hydrogen-bond acceptors (Lipinski definition) is 5. The molecule has 1 saturated heterocycles. The first kappa shape index (κ1) is 15.3. The summed E-state index contributed by atoms with van der Waals surface area (Å²) in [5.41, 5.74) is 0.710. The van der Waals surface area contributed by atoms with Gasteiger partial charge in [-0.1, -0.05) is 6.92 Å². The van der Waals surface area contributed by atoms with Gasteiger partial charge in [-0.2, -0.15) is 0 Å². The van der Waals surface area contributed by atoms with Gasteiger partial charge in [0.25, 0.3) is 0 Å². The van der Waals surface area contributed by atoms with Crippen LogP contribution in [0.3, 0.4) is 0 Å². The van der Waals surface area contributed by atoms with Crippen molar-refractivity contribution >= 4 is 33.6 Å². The number of nitrogens with zero attached hydrogens (tertiary/aromatic N) is 3. The van der Waals surface area contributed by atoms with Crippen molar-refractivity contribution in [3.63, 3.8) is 0 Å². The van der Waals surface area contributed by atoms with Crippen LogP contribution in [0.4, 0.5) is 0 Å². The van der Waals surface area contributed by atoms with Crippen molar-refractivity contribution in [1.29, 1.82) is 0 Å². The van der Waals surface area contributed by atoms with Crippen molar-refractivity contribution in [2.24, 2.45) is 11.8 Å². The molecule has 0 spiro atoms. The number of β-lactam (4-membered cyclic amide) rings is 1. The number of carboxylic acids is 1. The fourth-order valence-electron chi connectivity index (χ4n) is 3.94. The molecule has 0 bridgehead atoms. The van der Waals surface area contributed by atoms with Crippen molar-refractivity contribution in [2.75, 3.05) is 0 Å². The van der Waals surface area contributed by atoms with E-state index in [1.54, 1.807) is 13.1 Å². The Kier molecular flexibility index (Phi) is 3.14. The number of hydrogen-bond donors (Lipinski definition) is 2. The molecule has 0 radical (unpaired) electrons. The lowest BCUT2D eigenvalue weighted by atomic mass is 9.77. The molecule has 0 aliphatic carbocycles. The quantitative estimate of drug-likeness (QED) is 0.818. The fraction of sp³-hybridized carbons (Fsp3) is 0.438. The maximum Gasteiger partial charge on any atom is 0.352 e. The lowest BCUT2D eigenvalue weighted by Crippen LogP contribution is -2.63. The topological polar surface area (TPSA) is 95.1 Å². The van der Waals surface area contributed by atoms with Gasteiger partial charge in [-0.25, -0.2) is 9.78 Å². The Morgan fingerprint density at radius 2 is 2.17 bits per heavy atom. The van der Waals surface area contributed by atoms with E-state index in [-0.39, 0.29) is 23.6 Å². The number of amides is 1. The molecule has 1 fully saturated rings. The lowest BCUT2D eigenvalue weighted by Gasteiger charge is -2.46. The van der Waals surface area contributed by atoms with Crippen molar-refractivity contribution in [3.05, 3.63) is 28.8 Å². The highest BCUT2D eigenvalue weighted by molar-refractivity contribution is 7.18. The van der Waals surface area contributed by atoms with Gasteiger partial charge in [-0.05, 0) is 13.8 Å². The second kappa shape index (κ2) is 4.90. The molecule has 24 heavy (non-hydrogen) atoms. The molecule has 4 atom stereocenters. The normalized spacial score (nSPS) is 27.6. The molecular formula is C16H17N3O4S. The highest BCUT2D eigenvalue weighted by Gasteiger charge is 2.60. The zero-order chi connectivity index (χ0) is 17.3. The smallest absolute Gasteiger partial charge is 0.352 e. The molecule has 2 N–H and O–H groups in total. The van der Waals surface area contributed by atoms with Crippen molar-refractivity contribution in [3.8, 4) is 0 Å². The maximum atomic E-state index is 12.4. The summed E-state index contributed by atoms with van der Waals surface area (Å²) in [5.74, 6) is -1.27. The summed E-state index contributed by atoms with van der Waals surface area (Å²) < 4.78 is 1.92. The zero-order valence-electron chi connectivity index (χ0n) is 13.4. The van der Waals surface area contributed by atoms with E-state index in [4.69, 9.17) is 0 Å². The van der Waals surface area contributed by atoms with E-state index in [0.717, 1.165) is 15.5 Å². The number of carbonyl (C=O) groups is 2. The first-order valence-corrected chi connectivity index (χ1v) is 8.57. The van der Waals surface area contributed by atoms with Crippen LogP contribution in [0.15, 0.2) is 18.1 Å². The molecule has 0 aromatic carbocycles. The molecule has 2 aromatic rings. The van der Waals surface area contributed by atoms with Crippen molar-refractivity contribution < 1.29 is 19.8 Å². The number of imidazole rings is 1. The number of aliphatic hydroxyl groups excluding tert-OH is 1. The first-order chi connectivity index (χ1) is 11.3. The molecule has 2 aliphatic rings. The number of fused-ring (bicyclic) bond motifs is 2. The molecule has 0 unspecified atom stereocenters. The van der Waals surface area contributed by atoms with Crippen LogP contribution in [0.5, 0.6) is 0 Å². The molecule has 4 rings (SSSR count). The van der Waals surface area contributed by atoms with Gasteiger partial charge in [0, 0.05) is 17.7 Å². The Balaban J connectivity index is 1.86. The van der Waals surface area contributed by atoms with E-state index >= 15 is 0 Å².